The molecule has 0 radical (unpaired) electrons. The van der Waals surface area contributed by atoms with Crippen molar-refractivity contribution in [3.8, 4) is 28.1 Å². The Hall–Kier alpha value is -2.83. The van der Waals surface area contributed by atoms with E-state index in [2.05, 4.69) is 30.3 Å². The smallest absolute Gasteiger partial charge is 0.259 e. The third kappa shape index (κ3) is 5.95. The fourth-order valence-corrected chi connectivity index (χ4v) is 4.66. The normalized spacial score (nSPS) is 16.8. The standard InChI is InChI=1S/C21H27N7O3S2/c1-4-33(29)28-17-8-7-16(19(27-17)30-3)31-20-18(32-13(2)24-20)15-9-11-23-21(26-15)25-14-6-5-10-22-12-14/h7-9,11,14,22H,4-6,10,12H2,1-3H3,(H,27,28)(H,23,25,26). The zero-order chi connectivity index (χ0) is 23.2. The molecule has 0 bridgehead atoms. The van der Waals surface area contributed by atoms with Crippen molar-refractivity contribution in [2.45, 2.75) is 32.7 Å². The molecule has 4 heterocycles. The molecular formula is C21H27N7O3S2. The lowest BCUT2D eigenvalue weighted by atomic mass is 10.1. The number of hydrogen-bond donors (Lipinski definition) is 3. The van der Waals surface area contributed by atoms with E-state index in [0.717, 1.165) is 41.5 Å². The van der Waals surface area contributed by atoms with Gasteiger partial charge in [-0.1, -0.05) is 6.92 Å². The number of aromatic nitrogens is 4. The first-order valence-corrected chi connectivity index (χ1v) is 12.8. The van der Waals surface area contributed by atoms with E-state index >= 15 is 0 Å². The molecule has 3 aromatic heterocycles. The van der Waals surface area contributed by atoms with Gasteiger partial charge in [0, 0.05) is 24.5 Å². The summed E-state index contributed by atoms with van der Waals surface area (Å²) in [4.78, 5) is 18.8. The Morgan fingerprint density at radius 1 is 1.24 bits per heavy atom. The predicted octanol–water partition coefficient (Wildman–Crippen LogP) is 3.36. The summed E-state index contributed by atoms with van der Waals surface area (Å²) in [5.74, 6) is 2.57. The highest BCUT2D eigenvalue weighted by Crippen LogP contribution is 2.39. The van der Waals surface area contributed by atoms with E-state index in [4.69, 9.17) is 14.5 Å². The van der Waals surface area contributed by atoms with Crippen LogP contribution in [0.3, 0.4) is 0 Å². The van der Waals surface area contributed by atoms with Gasteiger partial charge in [-0.05, 0) is 44.5 Å². The van der Waals surface area contributed by atoms with E-state index in [1.54, 1.807) is 18.3 Å². The van der Waals surface area contributed by atoms with Crippen LogP contribution in [0.5, 0.6) is 17.5 Å². The number of nitrogens with one attached hydrogen (secondary N) is 3. The number of aryl methyl sites for hydroxylation is 1. The zero-order valence-electron chi connectivity index (χ0n) is 18.8. The van der Waals surface area contributed by atoms with Crippen molar-refractivity contribution in [2.24, 2.45) is 0 Å². The van der Waals surface area contributed by atoms with E-state index in [0.29, 0.717) is 35.2 Å². The van der Waals surface area contributed by atoms with Crippen LogP contribution in [0, 0.1) is 6.92 Å². The Bertz CT molecular complexity index is 1120. The van der Waals surface area contributed by atoms with Crippen LogP contribution in [-0.4, -0.2) is 56.1 Å². The molecule has 10 nitrogen and oxygen atoms in total. The minimum atomic E-state index is -1.21. The minimum absolute atomic E-state index is 0.263. The van der Waals surface area contributed by atoms with Crippen LogP contribution in [-0.2, 0) is 11.0 Å². The number of rotatable bonds is 9. The topological polar surface area (TPSA) is 123 Å². The number of hydrogen-bond acceptors (Lipinski definition) is 10. The summed E-state index contributed by atoms with van der Waals surface area (Å²) in [6.07, 6.45) is 3.94. The SMILES string of the molecule is CCS(=O)Nc1ccc(Oc2nc(C)sc2-c2ccnc(NC3CCCNC3)n2)c(OC)n1. The second-order valence-electron chi connectivity index (χ2n) is 7.36. The summed E-state index contributed by atoms with van der Waals surface area (Å²) >= 11 is 1.49. The van der Waals surface area contributed by atoms with Gasteiger partial charge in [-0.3, -0.25) is 4.72 Å². The molecule has 12 heteroatoms. The van der Waals surface area contributed by atoms with Crippen molar-refractivity contribution in [3.05, 3.63) is 29.4 Å². The monoisotopic (exact) mass is 489 g/mol. The lowest BCUT2D eigenvalue weighted by Crippen LogP contribution is -2.38. The minimum Gasteiger partial charge on any atom is -0.478 e. The molecule has 176 valence electrons. The highest BCUT2D eigenvalue weighted by atomic mass is 32.2. The Morgan fingerprint density at radius 3 is 2.88 bits per heavy atom. The maximum Gasteiger partial charge on any atom is 0.259 e. The zero-order valence-corrected chi connectivity index (χ0v) is 20.4. The number of pyridine rings is 1. The quantitative estimate of drug-likeness (QED) is 0.415. The molecule has 2 unspecified atom stereocenters. The molecule has 1 aliphatic heterocycles. The molecule has 2 atom stereocenters. The van der Waals surface area contributed by atoms with Gasteiger partial charge in [0.2, 0.25) is 11.8 Å². The van der Waals surface area contributed by atoms with Crippen molar-refractivity contribution in [2.75, 3.05) is 36.0 Å². The van der Waals surface area contributed by atoms with Crippen molar-refractivity contribution in [1.82, 2.24) is 25.3 Å². The summed E-state index contributed by atoms with van der Waals surface area (Å²) in [5, 5.41) is 7.63. The summed E-state index contributed by atoms with van der Waals surface area (Å²) in [5.41, 5.74) is 0.723. The third-order valence-electron chi connectivity index (χ3n) is 4.93. The molecule has 33 heavy (non-hydrogen) atoms. The second kappa shape index (κ2) is 10.9. The van der Waals surface area contributed by atoms with Gasteiger partial charge < -0.3 is 20.1 Å². The number of methoxy groups -OCH3 is 1. The average Bonchev–Trinajstić information content (AvgIpc) is 3.20. The van der Waals surface area contributed by atoms with Crippen molar-refractivity contribution < 1.29 is 13.7 Å². The molecule has 0 spiro atoms. The first-order valence-electron chi connectivity index (χ1n) is 10.7. The van der Waals surface area contributed by atoms with Crippen molar-refractivity contribution in [3.63, 3.8) is 0 Å². The molecule has 1 saturated heterocycles. The summed E-state index contributed by atoms with van der Waals surface area (Å²) in [7, 11) is 0.298. The predicted molar refractivity (Wildman–Crippen MR) is 131 cm³/mol. The van der Waals surface area contributed by atoms with Gasteiger partial charge in [-0.2, -0.15) is 4.98 Å². The summed E-state index contributed by atoms with van der Waals surface area (Å²) in [6.45, 7) is 5.68. The van der Waals surface area contributed by atoms with Gasteiger partial charge >= 0.3 is 0 Å². The largest absolute Gasteiger partial charge is 0.478 e. The lowest BCUT2D eigenvalue weighted by molar-refractivity contribution is 0.361. The van der Waals surface area contributed by atoms with Crippen LogP contribution >= 0.6 is 11.3 Å². The van der Waals surface area contributed by atoms with Crippen molar-refractivity contribution >= 4 is 34.1 Å². The number of anilines is 2. The van der Waals surface area contributed by atoms with Gasteiger partial charge in [-0.25, -0.2) is 19.2 Å². The first kappa shape index (κ1) is 23.3. The number of nitrogens with zero attached hydrogens (tertiary/aromatic N) is 4. The van der Waals surface area contributed by atoms with Crippen LogP contribution in [0.4, 0.5) is 11.8 Å². The van der Waals surface area contributed by atoms with E-state index in [1.807, 2.05) is 19.9 Å². The fraction of sp³-hybridized carbons (Fsp3) is 0.429. The third-order valence-corrected chi connectivity index (χ3v) is 6.86. The van der Waals surface area contributed by atoms with E-state index in [-0.39, 0.29) is 5.88 Å². The molecule has 3 N–H and O–H groups in total. The van der Waals surface area contributed by atoms with Gasteiger partial charge in [0.1, 0.15) is 21.7 Å². The molecule has 3 aromatic rings. The van der Waals surface area contributed by atoms with E-state index in [1.165, 1.54) is 18.4 Å². The average molecular weight is 490 g/mol. The Balaban J connectivity index is 1.57. The summed E-state index contributed by atoms with van der Waals surface area (Å²) in [6, 6.07) is 5.54. The summed E-state index contributed by atoms with van der Waals surface area (Å²) < 4.78 is 26.1. The van der Waals surface area contributed by atoms with E-state index < -0.39 is 11.0 Å². The molecule has 1 fully saturated rings. The van der Waals surface area contributed by atoms with Gasteiger partial charge in [-0.15, -0.1) is 11.3 Å². The van der Waals surface area contributed by atoms with Crippen LogP contribution in [0.15, 0.2) is 24.4 Å². The Morgan fingerprint density at radius 2 is 2.12 bits per heavy atom. The Labute approximate surface area is 199 Å². The molecule has 1 aliphatic rings. The number of piperidine rings is 1. The molecule has 0 aromatic carbocycles. The molecular weight excluding hydrogens is 462 g/mol. The van der Waals surface area contributed by atoms with Crippen LogP contribution in [0.1, 0.15) is 24.8 Å². The highest BCUT2D eigenvalue weighted by Gasteiger charge is 2.20. The highest BCUT2D eigenvalue weighted by molar-refractivity contribution is 7.86. The first-order chi connectivity index (χ1) is 16.1. The molecule has 0 saturated carbocycles. The number of ether oxygens (including phenoxy) is 2. The molecule has 0 amide bonds. The second-order valence-corrected chi connectivity index (χ2v) is 10.0. The van der Waals surface area contributed by atoms with Crippen molar-refractivity contribution in [1.29, 1.82) is 0 Å². The van der Waals surface area contributed by atoms with Gasteiger partial charge in [0.05, 0.1) is 17.8 Å². The van der Waals surface area contributed by atoms with Crippen LogP contribution < -0.4 is 24.8 Å². The lowest BCUT2D eigenvalue weighted by Gasteiger charge is -2.23. The molecule has 4 rings (SSSR count). The van der Waals surface area contributed by atoms with Gasteiger partial charge in [0.15, 0.2) is 5.75 Å². The van der Waals surface area contributed by atoms with E-state index in [9.17, 15) is 4.21 Å². The van der Waals surface area contributed by atoms with Crippen LogP contribution in [0.25, 0.3) is 10.6 Å². The number of thiazole rings is 1. The Kier molecular flexibility index (Phi) is 7.68. The van der Waals surface area contributed by atoms with Crippen LogP contribution in [0.2, 0.25) is 0 Å². The van der Waals surface area contributed by atoms with Gasteiger partial charge in [0.25, 0.3) is 5.88 Å². The maximum atomic E-state index is 11.8. The molecule has 0 aliphatic carbocycles. The maximum absolute atomic E-state index is 11.8. The fourth-order valence-electron chi connectivity index (χ4n) is 3.35.